The van der Waals surface area contributed by atoms with E-state index in [1.807, 2.05) is 30.3 Å². The minimum atomic E-state index is 0.339. The third kappa shape index (κ3) is 1.64. The Balaban J connectivity index is 2.02. The third-order valence-electron chi connectivity index (χ3n) is 2.63. The van der Waals surface area contributed by atoms with Crippen LogP contribution in [0.25, 0.3) is 22.7 Å². The van der Waals surface area contributed by atoms with Gasteiger partial charge in [0.1, 0.15) is 0 Å². The summed E-state index contributed by atoms with van der Waals surface area (Å²) in [4.78, 5) is 0.339. The molecule has 0 radical (unpaired) electrons. The number of rotatable bonds is 2. The largest absolute Gasteiger partial charge is 0.359 e. The topological polar surface area (TPSA) is 79.0 Å². The zero-order valence-electron chi connectivity index (χ0n) is 9.53. The maximum atomic E-state index is 11.1. The van der Waals surface area contributed by atoms with Crippen molar-refractivity contribution in [2.75, 3.05) is 0 Å². The fourth-order valence-corrected chi connectivity index (χ4v) is 1.65. The van der Waals surface area contributed by atoms with Crippen molar-refractivity contribution < 1.29 is 14.1 Å². The fraction of sp³-hybridized carbons (Fsp3) is 0.0833. The van der Waals surface area contributed by atoms with Gasteiger partial charge in [-0.15, -0.1) is 0 Å². The highest BCUT2D eigenvalue weighted by atomic mass is 16.8. The second-order valence-electron chi connectivity index (χ2n) is 3.81. The highest BCUT2D eigenvalue weighted by Crippen LogP contribution is 2.25. The molecule has 6 heteroatoms. The van der Waals surface area contributed by atoms with Gasteiger partial charge in [0.25, 0.3) is 5.69 Å². The molecule has 0 unspecified atom stereocenters. The molecule has 0 amide bonds. The molecule has 6 nitrogen and oxygen atoms in total. The zero-order chi connectivity index (χ0) is 12.5. The first kappa shape index (κ1) is 10.5. The maximum Gasteiger partial charge on any atom is 0.272 e. The van der Waals surface area contributed by atoms with E-state index >= 15 is 0 Å². The lowest BCUT2D eigenvalue weighted by Gasteiger charge is -1.91. The second kappa shape index (κ2) is 3.99. The van der Waals surface area contributed by atoms with E-state index in [-0.39, 0.29) is 0 Å². The SMILES string of the molecule is Cc1c(-c2cc(-c3ccccc3)on2)no[n+]1[O-]. The summed E-state index contributed by atoms with van der Waals surface area (Å²) < 4.78 is 9.72. The zero-order valence-corrected chi connectivity index (χ0v) is 9.53. The fourth-order valence-electron chi connectivity index (χ4n) is 1.65. The molecule has 0 atom stereocenters. The molecule has 2 aromatic heterocycles. The van der Waals surface area contributed by atoms with E-state index in [0.717, 1.165) is 5.56 Å². The number of benzene rings is 1. The molecule has 0 saturated heterocycles. The Hall–Kier alpha value is -2.63. The summed E-state index contributed by atoms with van der Waals surface area (Å²) >= 11 is 0. The second-order valence-corrected chi connectivity index (χ2v) is 3.81. The Bertz CT molecular complexity index is 673. The molecule has 0 aliphatic carbocycles. The molecule has 3 aromatic rings. The lowest BCUT2D eigenvalue weighted by atomic mass is 10.1. The lowest BCUT2D eigenvalue weighted by molar-refractivity contribution is -0.806. The van der Waals surface area contributed by atoms with Crippen molar-refractivity contribution in [3.05, 3.63) is 47.3 Å². The number of nitrogens with zero attached hydrogens (tertiary/aromatic N) is 3. The normalized spacial score (nSPS) is 10.7. The Kier molecular flexibility index (Phi) is 2.33. The van der Waals surface area contributed by atoms with Gasteiger partial charge in [-0.05, 0) is 4.90 Å². The van der Waals surface area contributed by atoms with E-state index in [0.29, 0.717) is 27.7 Å². The van der Waals surface area contributed by atoms with Gasteiger partial charge in [-0.2, -0.15) is 0 Å². The average Bonchev–Trinajstić information content (AvgIpc) is 3.00. The standard InChI is InChI=1S/C12H9N3O3/c1-8-12(14-18-15(8)16)10-7-11(17-13-10)9-5-3-2-4-6-9/h2-7H,1H3. The molecular weight excluding hydrogens is 234 g/mol. The first-order chi connectivity index (χ1) is 8.75. The molecule has 0 fully saturated rings. The van der Waals surface area contributed by atoms with E-state index in [4.69, 9.17) is 4.52 Å². The first-order valence-electron chi connectivity index (χ1n) is 5.34. The van der Waals surface area contributed by atoms with Crippen molar-refractivity contribution in [3.8, 4) is 22.7 Å². The molecule has 0 aliphatic heterocycles. The van der Waals surface area contributed by atoms with Crippen LogP contribution in [0.15, 0.2) is 45.6 Å². The molecule has 2 heterocycles. The van der Waals surface area contributed by atoms with Crippen LogP contribution in [-0.2, 0) is 0 Å². The Labute approximate surface area is 102 Å². The van der Waals surface area contributed by atoms with Crippen LogP contribution in [0.4, 0.5) is 0 Å². The van der Waals surface area contributed by atoms with Gasteiger partial charge in [0.2, 0.25) is 5.69 Å². The maximum absolute atomic E-state index is 11.1. The number of hydrogen-bond donors (Lipinski definition) is 0. The highest BCUT2D eigenvalue weighted by Gasteiger charge is 2.21. The van der Waals surface area contributed by atoms with Crippen molar-refractivity contribution in [1.82, 2.24) is 10.3 Å². The molecule has 90 valence electrons. The summed E-state index contributed by atoms with van der Waals surface area (Å²) in [7, 11) is 0. The molecule has 0 aliphatic rings. The van der Waals surface area contributed by atoms with Crippen LogP contribution in [0, 0.1) is 12.1 Å². The van der Waals surface area contributed by atoms with E-state index in [1.165, 1.54) is 0 Å². The van der Waals surface area contributed by atoms with Crippen LogP contribution < -0.4 is 4.90 Å². The monoisotopic (exact) mass is 243 g/mol. The van der Waals surface area contributed by atoms with E-state index in [2.05, 4.69) is 14.9 Å². The van der Waals surface area contributed by atoms with E-state index in [1.54, 1.807) is 13.0 Å². The van der Waals surface area contributed by atoms with Crippen LogP contribution in [0.2, 0.25) is 0 Å². The summed E-state index contributed by atoms with van der Waals surface area (Å²) in [5.41, 5.74) is 2.12. The smallest absolute Gasteiger partial charge is 0.272 e. The predicted octanol–water partition coefficient (Wildman–Crippen LogP) is 1.94. The predicted molar refractivity (Wildman–Crippen MR) is 61.1 cm³/mol. The Morgan fingerprint density at radius 3 is 2.61 bits per heavy atom. The van der Waals surface area contributed by atoms with Crippen LogP contribution in [0.1, 0.15) is 5.69 Å². The van der Waals surface area contributed by atoms with E-state index < -0.39 is 0 Å². The van der Waals surface area contributed by atoms with Crippen molar-refractivity contribution >= 4 is 0 Å². The average molecular weight is 243 g/mol. The van der Waals surface area contributed by atoms with Gasteiger partial charge in [0, 0.05) is 23.7 Å². The summed E-state index contributed by atoms with van der Waals surface area (Å²) in [6.45, 7) is 1.61. The lowest BCUT2D eigenvalue weighted by Crippen LogP contribution is -2.25. The molecule has 1 aromatic carbocycles. The summed E-state index contributed by atoms with van der Waals surface area (Å²) in [6, 6.07) is 11.3. The molecular formula is C12H9N3O3. The quantitative estimate of drug-likeness (QED) is 0.642. The van der Waals surface area contributed by atoms with Gasteiger partial charge >= 0.3 is 0 Å². The minimum absolute atomic E-state index is 0.339. The van der Waals surface area contributed by atoms with Gasteiger partial charge in [-0.25, -0.2) is 0 Å². The Morgan fingerprint density at radius 1 is 1.17 bits per heavy atom. The van der Waals surface area contributed by atoms with Crippen LogP contribution >= 0.6 is 0 Å². The van der Waals surface area contributed by atoms with Crippen molar-refractivity contribution in [2.24, 2.45) is 0 Å². The van der Waals surface area contributed by atoms with Gasteiger partial charge in [-0.1, -0.05) is 35.5 Å². The van der Waals surface area contributed by atoms with Crippen LogP contribution in [-0.4, -0.2) is 10.3 Å². The highest BCUT2D eigenvalue weighted by molar-refractivity contribution is 5.64. The summed E-state index contributed by atoms with van der Waals surface area (Å²) in [6.07, 6.45) is 0. The molecule has 0 bridgehead atoms. The van der Waals surface area contributed by atoms with Gasteiger partial charge in [0.15, 0.2) is 11.5 Å². The van der Waals surface area contributed by atoms with Crippen molar-refractivity contribution in [3.63, 3.8) is 0 Å². The van der Waals surface area contributed by atoms with Gasteiger partial charge < -0.3 is 9.73 Å². The first-order valence-corrected chi connectivity index (χ1v) is 5.34. The van der Waals surface area contributed by atoms with Crippen LogP contribution in [0.5, 0.6) is 0 Å². The number of hydrogen-bond acceptors (Lipinski definition) is 5. The molecule has 0 spiro atoms. The van der Waals surface area contributed by atoms with E-state index in [9.17, 15) is 5.21 Å². The molecule has 0 saturated carbocycles. The number of aromatic nitrogens is 3. The van der Waals surface area contributed by atoms with Gasteiger partial charge in [0.05, 0.1) is 0 Å². The summed E-state index contributed by atoms with van der Waals surface area (Å²) in [5.74, 6) is 0.616. The molecule has 3 rings (SSSR count). The summed E-state index contributed by atoms with van der Waals surface area (Å²) in [5, 5.41) is 18.7. The minimum Gasteiger partial charge on any atom is -0.359 e. The Morgan fingerprint density at radius 2 is 1.94 bits per heavy atom. The van der Waals surface area contributed by atoms with Crippen LogP contribution in [0.3, 0.4) is 0 Å². The van der Waals surface area contributed by atoms with Gasteiger partial charge in [-0.3, -0.25) is 4.63 Å². The molecule has 0 N–H and O–H groups in total. The van der Waals surface area contributed by atoms with Crippen molar-refractivity contribution in [1.29, 1.82) is 0 Å². The molecule has 18 heavy (non-hydrogen) atoms. The van der Waals surface area contributed by atoms with Crippen molar-refractivity contribution in [2.45, 2.75) is 6.92 Å². The third-order valence-corrected chi connectivity index (χ3v) is 2.63.